The first-order valence-electron chi connectivity index (χ1n) is 20.1. The smallest absolute Gasteiger partial charge is 0.297 e. The summed E-state index contributed by atoms with van der Waals surface area (Å²) in [6.07, 6.45) is -0.743. The lowest BCUT2D eigenvalue weighted by atomic mass is 9.85. The van der Waals surface area contributed by atoms with E-state index in [1.165, 1.54) is 17.0 Å². The number of rotatable bonds is 26. The average molecular weight is 877 g/mol. The molecule has 2 heterocycles. The minimum absolute atomic E-state index is 0.00894. The van der Waals surface area contributed by atoms with Crippen LogP contribution in [0.2, 0.25) is 0 Å². The van der Waals surface area contributed by atoms with Crippen LogP contribution >= 0.6 is 11.3 Å². The largest absolute Gasteiger partial charge is 0.391 e. The Morgan fingerprint density at radius 2 is 1.38 bits per heavy atom. The third kappa shape index (κ3) is 16.2. The van der Waals surface area contributed by atoms with E-state index in [2.05, 4.69) is 15.6 Å². The number of aryl methyl sites for hydroxylation is 2. The molecule has 0 aliphatic carbocycles. The Kier molecular flexibility index (Phi) is 20.0. The fraction of sp³-hybridized carbons (Fsp3) is 0.571. The molecule has 1 aromatic heterocycles. The van der Waals surface area contributed by atoms with Crippen molar-refractivity contribution in [3.63, 3.8) is 0 Å². The summed E-state index contributed by atoms with van der Waals surface area (Å²) in [6, 6.07) is 12.5. The maximum Gasteiger partial charge on any atom is 0.297 e. The second kappa shape index (κ2) is 24.6. The number of thiazole rings is 1. The SMILES string of the molecule is Cc1ccc(S(=O)(=O)OCCOCCOCCOCCOCCOCCC(=O)N[C@H](C(=O)N2C[C@H](O)C[C@H]2C(=O)NCc2ccc(-c3scnc3C)cc2)C(C)(C)C)cc1. The van der Waals surface area contributed by atoms with Crippen LogP contribution < -0.4 is 10.6 Å². The van der Waals surface area contributed by atoms with Gasteiger partial charge in [-0.2, -0.15) is 8.42 Å². The van der Waals surface area contributed by atoms with Crippen molar-refractivity contribution in [2.45, 2.75) is 77.1 Å². The Morgan fingerprint density at radius 1 is 0.833 bits per heavy atom. The lowest BCUT2D eigenvalue weighted by Crippen LogP contribution is -2.57. The average Bonchev–Trinajstić information content (AvgIpc) is 3.83. The van der Waals surface area contributed by atoms with Crippen LogP contribution in [0.4, 0.5) is 0 Å². The Hall–Kier alpha value is -3.85. The Bertz CT molecular complexity index is 1890. The lowest BCUT2D eigenvalue weighted by Gasteiger charge is -2.35. The molecule has 0 bridgehead atoms. The molecular formula is C42H60N4O12S2. The number of amides is 3. The summed E-state index contributed by atoms with van der Waals surface area (Å²) in [4.78, 5) is 47.0. The van der Waals surface area contributed by atoms with Crippen molar-refractivity contribution in [1.82, 2.24) is 20.5 Å². The van der Waals surface area contributed by atoms with E-state index in [1.807, 2.05) is 64.4 Å². The van der Waals surface area contributed by atoms with Crippen LogP contribution in [-0.2, 0) is 58.9 Å². The van der Waals surface area contributed by atoms with Crippen molar-refractivity contribution in [1.29, 1.82) is 0 Å². The van der Waals surface area contributed by atoms with E-state index in [1.54, 1.807) is 23.5 Å². The normalized spacial score (nSPS) is 16.2. The van der Waals surface area contributed by atoms with Crippen LogP contribution in [0.3, 0.4) is 0 Å². The predicted molar refractivity (Wildman–Crippen MR) is 225 cm³/mol. The first-order valence-corrected chi connectivity index (χ1v) is 22.3. The summed E-state index contributed by atoms with van der Waals surface area (Å²) in [7, 11) is -3.81. The quantitative estimate of drug-likeness (QED) is 0.0784. The number of nitrogens with one attached hydrogen (secondary N) is 2. The molecule has 1 aliphatic rings. The molecule has 0 spiro atoms. The van der Waals surface area contributed by atoms with Gasteiger partial charge in [-0.15, -0.1) is 11.3 Å². The van der Waals surface area contributed by atoms with E-state index in [4.69, 9.17) is 27.9 Å². The van der Waals surface area contributed by atoms with Crippen molar-refractivity contribution < 1.29 is 55.8 Å². The van der Waals surface area contributed by atoms with Gasteiger partial charge < -0.3 is 44.3 Å². The molecule has 60 heavy (non-hydrogen) atoms. The molecule has 3 N–H and O–H groups in total. The van der Waals surface area contributed by atoms with Crippen molar-refractivity contribution in [2.75, 3.05) is 79.2 Å². The molecule has 3 amide bonds. The number of ether oxygens (including phenoxy) is 5. The Morgan fingerprint density at radius 3 is 1.92 bits per heavy atom. The second-order valence-corrected chi connectivity index (χ2v) is 17.8. The number of aliphatic hydroxyl groups is 1. The molecule has 2 aromatic carbocycles. The van der Waals surface area contributed by atoms with Gasteiger partial charge in [0.2, 0.25) is 17.7 Å². The molecule has 0 radical (unpaired) electrons. The number of likely N-dealkylation sites (tertiary alicyclic amines) is 1. The molecule has 18 heteroatoms. The molecule has 0 saturated carbocycles. The highest BCUT2D eigenvalue weighted by Gasteiger charge is 2.44. The van der Waals surface area contributed by atoms with Gasteiger partial charge >= 0.3 is 0 Å². The number of hydrogen-bond acceptors (Lipinski definition) is 14. The molecule has 16 nitrogen and oxygen atoms in total. The summed E-state index contributed by atoms with van der Waals surface area (Å²) in [5.74, 6) is -1.17. The zero-order chi connectivity index (χ0) is 43.5. The predicted octanol–water partition coefficient (Wildman–Crippen LogP) is 3.41. The number of β-amino-alcohol motifs (C(OH)–C–C–N with tert-alkyl or cyclic N) is 1. The van der Waals surface area contributed by atoms with E-state index in [0.717, 1.165) is 27.3 Å². The zero-order valence-electron chi connectivity index (χ0n) is 35.2. The topological polar surface area (TPSA) is 201 Å². The van der Waals surface area contributed by atoms with Crippen molar-refractivity contribution in [3.05, 3.63) is 70.9 Å². The molecule has 1 saturated heterocycles. The summed E-state index contributed by atoms with van der Waals surface area (Å²) in [5.41, 5.74) is 4.99. The second-order valence-electron chi connectivity index (χ2n) is 15.3. The molecule has 3 atom stereocenters. The minimum Gasteiger partial charge on any atom is -0.391 e. The number of aromatic nitrogens is 1. The zero-order valence-corrected chi connectivity index (χ0v) is 36.8. The van der Waals surface area contributed by atoms with Crippen LogP contribution in [-0.4, -0.2) is 139 Å². The number of aliphatic hydroxyl groups excluding tert-OH is 1. The third-order valence-electron chi connectivity index (χ3n) is 9.45. The van der Waals surface area contributed by atoms with E-state index < -0.39 is 39.6 Å². The van der Waals surface area contributed by atoms with E-state index in [0.29, 0.717) is 39.6 Å². The maximum atomic E-state index is 13.9. The lowest BCUT2D eigenvalue weighted by molar-refractivity contribution is -0.144. The van der Waals surface area contributed by atoms with Crippen LogP contribution in [0.15, 0.2) is 58.9 Å². The van der Waals surface area contributed by atoms with E-state index in [-0.39, 0.29) is 75.7 Å². The summed E-state index contributed by atoms with van der Waals surface area (Å²) >= 11 is 1.57. The molecule has 0 unspecified atom stereocenters. The number of carbonyl (C=O) groups excluding carboxylic acids is 3. The first-order chi connectivity index (χ1) is 28.7. The number of nitrogens with zero attached hydrogens (tertiary/aromatic N) is 2. The molecule has 1 aliphatic heterocycles. The van der Waals surface area contributed by atoms with Gasteiger partial charge in [-0.05, 0) is 42.5 Å². The van der Waals surface area contributed by atoms with Crippen LogP contribution in [0.1, 0.15) is 50.4 Å². The number of benzene rings is 2. The molecule has 1 fully saturated rings. The summed E-state index contributed by atoms with van der Waals surface area (Å²) in [6.45, 7) is 12.3. The third-order valence-corrected chi connectivity index (χ3v) is 11.8. The van der Waals surface area contributed by atoms with Crippen molar-refractivity contribution >= 4 is 39.2 Å². The molecule has 3 aromatic rings. The molecule has 4 rings (SSSR count). The van der Waals surface area contributed by atoms with Gasteiger partial charge in [0.1, 0.15) is 12.1 Å². The van der Waals surface area contributed by atoms with E-state index >= 15 is 0 Å². The molecular weight excluding hydrogens is 817 g/mol. The Labute approximate surface area is 357 Å². The minimum atomic E-state index is -3.81. The van der Waals surface area contributed by atoms with Crippen molar-refractivity contribution in [3.8, 4) is 10.4 Å². The van der Waals surface area contributed by atoms with Gasteiger partial charge in [-0.25, -0.2) is 4.98 Å². The maximum absolute atomic E-state index is 13.9. The van der Waals surface area contributed by atoms with Crippen LogP contribution in [0, 0.1) is 19.3 Å². The highest BCUT2D eigenvalue weighted by Crippen LogP contribution is 2.28. The highest BCUT2D eigenvalue weighted by molar-refractivity contribution is 7.86. The van der Waals surface area contributed by atoms with Gasteiger partial charge in [0, 0.05) is 25.9 Å². The monoisotopic (exact) mass is 876 g/mol. The van der Waals surface area contributed by atoms with Gasteiger partial charge in [0.25, 0.3) is 10.1 Å². The van der Waals surface area contributed by atoms with Crippen LogP contribution in [0.25, 0.3) is 10.4 Å². The van der Waals surface area contributed by atoms with Gasteiger partial charge in [0.05, 0.1) is 99.8 Å². The first kappa shape index (κ1) is 48.8. The number of carbonyl (C=O) groups is 3. The summed E-state index contributed by atoms with van der Waals surface area (Å²) in [5, 5.41) is 16.2. The number of hydrogen-bond donors (Lipinski definition) is 3. The molecule has 332 valence electrons. The van der Waals surface area contributed by atoms with Crippen molar-refractivity contribution in [2.24, 2.45) is 5.41 Å². The standard InChI is InChI=1S/C42H60N4O12S2/c1-30-6-12-35(13-7-30)60(51,52)58-25-24-57-23-22-56-21-20-55-19-18-54-17-16-53-15-14-37(48)45-39(42(3,4)5)41(50)46-28-34(47)26-36(46)40(49)43-27-32-8-10-33(11-9-32)38-31(2)44-29-59-38/h6-13,29,34,36,39,47H,14-28H2,1-5H3,(H,43,49)(H,45,48)/t34-,36+,39-/m1/s1. The van der Waals surface area contributed by atoms with Gasteiger partial charge in [-0.1, -0.05) is 62.7 Å². The Balaban J connectivity index is 1.02. The highest BCUT2D eigenvalue weighted by atomic mass is 32.2. The van der Waals surface area contributed by atoms with Gasteiger partial charge in [-0.3, -0.25) is 18.6 Å². The fourth-order valence-corrected chi connectivity index (χ4v) is 7.84. The fourth-order valence-electron chi connectivity index (χ4n) is 6.14. The van der Waals surface area contributed by atoms with Crippen LogP contribution in [0.5, 0.6) is 0 Å². The van der Waals surface area contributed by atoms with E-state index in [9.17, 15) is 27.9 Å². The van der Waals surface area contributed by atoms with Gasteiger partial charge in [0.15, 0.2) is 0 Å². The summed E-state index contributed by atoms with van der Waals surface area (Å²) < 4.78 is 56.6.